The maximum Gasteiger partial charge on any atom is 0.244 e. The van der Waals surface area contributed by atoms with Gasteiger partial charge in [-0.1, -0.05) is 28.1 Å². The van der Waals surface area contributed by atoms with Crippen molar-refractivity contribution in [2.24, 2.45) is 5.73 Å². The van der Waals surface area contributed by atoms with Crippen LogP contribution in [0.1, 0.15) is 5.56 Å². The zero-order valence-corrected chi connectivity index (χ0v) is 9.83. The number of nitrogens with two attached hydrogens (primary N) is 1. The lowest BCUT2D eigenvalue weighted by Crippen LogP contribution is -2.27. The molecule has 0 spiro atoms. The summed E-state index contributed by atoms with van der Waals surface area (Å²) in [6.45, 7) is 0.960. The van der Waals surface area contributed by atoms with E-state index in [-0.39, 0.29) is 5.91 Å². The van der Waals surface area contributed by atoms with Crippen LogP contribution in [0.5, 0.6) is 0 Å². The number of hydrogen-bond donors (Lipinski definition) is 2. The topological polar surface area (TPSA) is 55.1 Å². The van der Waals surface area contributed by atoms with Crippen LogP contribution in [0.4, 0.5) is 0 Å². The van der Waals surface area contributed by atoms with Crippen LogP contribution in [0, 0.1) is 0 Å². The summed E-state index contributed by atoms with van der Waals surface area (Å²) in [6, 6.07) is 7.71. The fraction of sp³-hybridized carbons (Fsp3) is 0.182. The van der Waals surface area contributed by atoms with Crippen molar-refractivity contribution < 1.29 is 4.79 Å². The largest absolute Gasteiger partial charge is 0.351 e. The first-order valence-electron chi connectivity index (χ1n) is 4.64. The molecule has 0 atom stereocenters. The molecule has 4 heteroatoms. The van der Waals surface area contributed by atoms with E-state index in [1.807, 2.05) is 24.3 Å². The lowest BCUT2D eigenvalue weighted by atomic mass is 10.2. The monoisotopic (exact) mass is 268 g/mol. The molecule has 1 rings (SSSR count). The van der Waals surface area contributed by atoms with Crippen LogP contribution in [0.3, 0.4) is 0 Å². The lowest BCUT2D eigenvalue weighted by Gasteiger charge is -1.97. The van der Waals surface area contributed by atoms with E-state index in [4.69, 9.17) is 5.73 Å². The average Bonchev–Trinajstić information content (AvgIpc) is 2.25. The number of carbonyl (C=O) groups excluding carboxylic acids is 1. The van der Waals surface area contributed by atoms with Gasteiger partial charge in [0.05, 0.1) is 0 Å². The molecule has 0 aromatic heterocycles. The van der Waals surface area contributed by atoms with Crippen molar-refractivity contribution in [3.8, 4) is 0 Å². The summed E-state index contributed by atoms with van der Waals surface area (Å²) in [6.07, 6.45) is 3.26. The van der Waals surface area contributed by atoms with Gasteiger partial charge in [0.15, 0.2) is 0 Å². The molecule has 0 fully saturated rings. The second kappa shape index (κ2) is 6.37. The summed E-state index contributed by atoms with van der Waals surface area (Å²) >= 11 is 3.34. The smallest absolute Gasteiger partial charge is 0.244 e. The van der Waals surface area contributed by atoms with Crippen molar-refractivity contribution in [1.29, 1.82) is 0 Å². The molecule has 3 nitrogen and oxygen atoms in total. The molecule has 3 N–H and O–H groups in total. The first kappa shape index (κ1) is 11.9. The number of hydrogen-bond acceptors (Lipinski definition) is 2. The number of rotatable bonds is 4. The minimum absolute atomic E-state index is 0.122. The predicted molar refractivity (Wildman–Crippen MR) is 65.2 cm³/mol. The molecule has 0 aliphatic heterocycles. The van der Waals surface area contributed by atoms with E-state index < -0.39 is 0 Å². The van der Waals surface area contributed by atoms with Crippen LogP contribution < -0.4 is 11.1 Å². The molecule has 0 aliphatic rings. The summed E-state index contributed by atoms with van der Waals surface area (Å²) in [7, 11) is 0. The number of benzene rings is 1. The average molecular weight is 269 g/mol. The van der Waals surface area contributed by atoms with Gasteiger partial charge in [0, 0.05) is 23.6 Å². The molecular weight excluding hydrogens is 256 g/mol. The molecule has 0 radical (unpaired) electrons. The van der Waals surface area contributed by atoms with Crippen LogP contribution in [0.15, 0.2) is 34.8 Å². The predicted octanol–water partition coefficient (Wildman–Crippen LogP) is 1.54. The third kappa shape index (κ3) is 4.76. The van der Waals surface area contributed by atoms with E-state index >= 15 is 0 Å². The highest BCUT2D eigenvalue weighted by Gasteiger charge is 1.92. The molecule has 0 bridgehead atoms. The van der Waals surface area contributed by atoms with Gasteiger partial charge >= 0.3 is 0 Å². The Morgan fingerprint density at radius 2 is 2.07 bits per heavy atom. The molecule has 1 amide bonds. The Morgan fingerprint density at radius 1 is 1.40 bits per heavy atom. The van der Waals surface area contributed by atoms with Gasteiger partial charge in [-0.15, -0.1) is 0 Å². The number of halogens is 1. The highest BCUT2D eigenvalue weighted by Crippen LogP contribution is 2.11. The van der Waals surface area contributed by atoms with Crippen LogP contribution in [0.25, 0.3) is 6.08 Å². The molecule has 0 heterocycles. The minimum atomic E-state index is -0.122. The Balaban J connectivity index is 2.50. The van der Waals surface area contributed by atoms with E-state index in [0.717, 1.165) is 10.0 Å². The van der Waals surface area contributed by atoms with E-state index in [1.165, 1.54) is 6.08 Å². The van der Waals surface area contributed by atoms with Gasteiger partial charge in [-0.05, 0) is 23.8 Å². The van der Waals surface area contributed by atoms with Gasteiger partial charge in [-0.2, -0.15) is 0 Å². The van der Waals surface area contributed by atoms with Gasteiger partial charge in [0.1, 0.15) is 0 Å². The Hall–Kier alpha value is -1.13. The maximum atomic E-state index is 11.2. The molecule has 15 heavy (non-hydrogen) atoms. The highest BCUT2D eigenvalue weighted by molar-refractivity contribution is 9.10. The Bertz CT molecular complexity index is 346. The van der Waals surface area contributed by atoms with Crippen LogP contribution in [0.2, 0.25) is 0 Å². The van der Waals surface area contributed by atoms with Crippen molar-refractivity contribution in [3.05, 3.63) is 40.4 Å². The van der Waals surface area contributed by atoms with E-state index in [9.17, 15) is 4.79 Å². The van der Waals surface area contributed by atoms with Crippen molar-refractivity contribution >= 4 is 27.9 Å². The molecule has 1 aromatic carbocycles. The van der Waals surface area contributed by atoms with Gasteiger partial charge in [0.2, 0.25) is 5.91 Å². The van der Waals surface area contributed by atoms with Gasteiger partial charge < -0.3 is 11.1 Å². The lowest BCUT2D eigenvalue weighted by molar-refractivity contribution is -0.116. The zero-order valence-electron chi connectivity index (χ0n) is 8.24. The molecular formula is C11H13BrN2O. The first-order chi connectivity index (χ1) is 7.22. The third-order valence-corrected chi connectivity index (χ3v) is 2.27. The molecule has 0 aliphatic carbocycles. The summed E-state index contributed by atoms with van der Waals surface area (Å²) < 4.78 is 1.02. The molecule has 0 unspecified atom stereocenters. The minimum Gasteiger partial charge on any atom is -0.351 e. The Labute approximate surface area is 97.5 Å². The molecule has 0 saturated carbocycles. The van der Waals surface area contributed by atoms with E-state index in [2.05, 4.69) is 21.2 Å². The zero-order chi connectivity index (χ0) is 11.1. The Morgan fingerprint density at radius 3 is 2.67 bits per heavy atom. The molecule has 0 saturated heterocycles. The summed E-state index contributed by atoms with van der Waals surface area (Å²) in [4.78, 5) is 11.2. The second-order valence-corrected chi connectivity index (χ2v) is 3.88. The van der Waals surface area contributed by atoms with E-state index in [1.54, 1.807) is 6.08 Å². The fourth-order valence-corrected chi connectivity index (χ4v) is 1.26. The fourth-order valence-electron chi connectivity index (χ4n) is 1.00. The van der Waals surface area contributed by atoms with Crippen LogP contribution >= 0.6 is 15.9 Å². The SMILES string of the molecule is NCCNC(=O)/C=C/c1ccc(Br)cc1. The van der Waals surface area contributed by atoms with Crippen molar-refractivity contribution in [2.75, 3.05) is 13.1 Å². The van der Waals surface area contributed by atoms with Crippen LogP contribution in [-0.4, -0.2) is 19.0 Å². The quantitative estimate of drug-likeness (QED) is 0.814. The standard InChI is InChI=1S/C11H13BrN2O/c12-10-4-1-9(2-5-10)3-6-11(15)14-8-7-13/h1-6H,7-8,13H2,(H,14,15)/b6-3+. The first-order valence-corrected chi connectivity index (χ1v) is 5.43. The maximum absolute atomic E-state index is 11.2. The Kier molecular flexibility index (Phi) is 5.07. The van der Waals surface area contributed by atoms with E-state index in [0.29, 0.717) is 13.1 Å². The molecule has 80 valence electrons. The summed E-state index contributed by atoms with van der Waals surface area (Å²) in [5.74, 6) is -0.122. The van der Waals surface area contributed by atoms with Crippen molar-refractivity contribution in [1.82, 2.24) is 5.32 Å². The summed E-state index contributed by atoms with van der Waals surface area (Å²) in [5, 5.41) is 2.65. The second-order valence-electron chi connectivity index (χ2n) is 2.96. The van der Waals surface area contributed by atoms with Gasteiger partial charge in [-0.3, -0.25) is 4.79 Å². The normalized spacial score (nSPS) is 10.5. The van der Waals surface area contributed by atoms with Crippen molar-refractivity contribution in [2.45, 2.75) is 0 Å². The van der Waals surface area contributed by atoms with Crippen molar-refractivity contribution in [3.63, 3.8) is 0 Å². The molecule has 1 aromatic rings. The van der Waals surface area contributed by atoms with Gasteiger partial charge in [0.25, 0.3) is 0 Å². The third-order valence-electron chi connectivity index (χ3n) is 1.74. The number of nitrogens with one attached hydrogen (secondary N) is 1. The van der Waals surface area contributed by atoms with Crippen LogP contribution in [-0.2, 0) is 4.79 Å². The highest BCUT2D eigenvalue weighted by atomic mass is 79.9. The number of amides is 1. The number of carbonyl (C=O) groups is 1. The van der Waals surface area contributed by atoms with Gasteiger partial charge in [-0.25, -0.2) is 0 Å². The summed E-state index contributed by atoms with van der Waals surface area (Å²) in [5.41, 5.74) is 6.24.